The molecule has 38 heavy (non-hydrogen) atoms. The summed E-state index contributed by atoms with van der Waals surface area (Å²) in [6.45, 7) is 2.70. The fourth-order valence-electron chi connectivity index (χ4n) is 5.04. The Hall–Kier alpha value is -3.49. The molecule has 0 saturated heterocycles. The smallest absolute Gasteiger partial charge is 0.282 e. The van der Waals surface area contributed by atoms with Gasteiger partial charge in [0.15, 0.2) is 11.5 Å². The van der Waals surface area contributed by atoms with Crippen molar-refractivity contribution in [1.82, 2.24) is 5.01 Å². The van der Waals surface area contributed by atoms with E-state index in [1.54, 1.807) is 6.07 Å². The molecule has 190 valence electrons. The topological polar surface area (TPSA) is 68.2 Å². The zero-order valence-corrected chi connectivity index (χ0v) is 23.6. The van der Waals surface area contributed by atoms with Crippen LogP contribution in [0.5, 0.6) is 11.5 Å². The number of ether oxygens (including phenoxy) is 2. The fraction of sp³-hybridized carbons (Fsp3) is 0.167. The van der Waals surface area contributed by atoms with Crippen molar-refractivity contribution in [3.05, 3.63) is 103 Å². The van der Waals surface area contributed by atoms with Crippen molar-refractivity contribution < 1.29 is 19.1 Å². The van der Waals surface area contributed by atoms with E-state index in [4.69, 9.17) is 9.47 Å². The molecule has 6 nitrogen and oxygen atoms in total. The van der Waals surface area contributed by atoms with Crippen molar-refractivity contribution >= 4 is 60.7 Å². The molecule has 0 aromatic heterocycles. The summed E-state index contributed by atoms with van der Waals surface area (Å²) < 4.78 is 13.6. The van der Waals surface area contributed by atoms with Crippen LogP contribution >= 0.6 is 31.9 Å². The first-order chi connectivity index (χ1) is 18.4. The highest BCUT2D eigenvalue weighted by Gasteiger charge is 2.35. The zero-order valence-electron chi connectivity index (χ0n) is 20.5. The molecule has 0 radical (unpaired) electrons. The van der Waals surface area contributed by atoms with E-state index in [2.05, 4.69) is 37.0 Å². The average Bonchev–Trinajstić information content (AvgIpc) is 3.34. The van der Waals surface area contributed by atoms with E-state index < -0.39 is 11.8 Å². The second kappa shape index (κ2) is 10.0. The fourth-order valence-corrected chi connectivity index (χ4v) is 5.88. The summed E-state index contributed by atoms with van der Waals surface area (Å²) in [4.78, 5) is 26.7. The van der Waals surface area contributed by atoms with Crippen molar-refractivity contribution in [2.24, 2.45) is 5.10 Å². The number of rotatable bonds is 7. The molecule has 0 unspecified atom stereocenters. The van der Waals surface area contributed by atoms with E-state index in [1.807, 2.05) is 61.5 Å². The Morgan fingerprint density at radius 2 is 1.53 bits per heavy atom. The molecule has 0 saturated carbocycles. The van der Waals surface area contributed by atoms with Crippen LogP contribution in [0.2, 0.25) is 0 Å². The summed E-state index contributed by atoms with van der Waals surface area (Å²) in [5.74, 6) is 0.251. The predicted octanol–water partition coefficient (Wildman–Crippen LogP) is 7.07. The summed E-state index contributed by atoms with van der Waals surface area (Å²) in [5, 5.41) is 7.08. The number of hydrogen-bond donors (Lipinski definition) is 0. The molecule has 0 spiro atoms. The van der Waals surface area contributed by atoms with Crippen LogP contribution in [0.1, 0.15) is 49.9 Å². The summed E-state index contributed by atoms with van der Waals surface area (Å²) in [5.41, 5.74) is 5.05. The molecule has 0 bridgehead atoms. The van der Waals surface area contributed by atoms with Crippen LogP contribution in [-0.2, 0) is 19.4 Å². The van der Waals surface area contributed by atoms with Crippen molar-refractivity contribution in [2.75, 3.05) is 6.61 Å². The molecular formula is C30H22Br2N2O4. The Labute approximate surface area is 236 Å². The number of hydrazone groups is 1. The molecule has 1 aliphatic heterocycles. The molecule has 0 N–H and O–H groups in total. The molecule has 2 amide bonds. The maximum atomic E-state index is 13.3. The van der Waals surface area contributed by atoms with E-state index in [-0.39, 0.29) is 0 Å². The van der Waals surface area contributed by atoms with Gasteiger partial charge in [-0.2, -0.15) is 10.1 Å². The minimum atomic E-state index is -0.423. The first-order valence-electron chi connectivity index (χ1n) is 12.3. The Bertz CT molecular complexity index is 1590. The number of halogens is 2. The minimum Gasteiger partial charge on any atom is -0.490 e. The van der Waals surface area contributed by atoms with Crippen LogP contribution in [0.25, 0.3) is 10.8 Å². The number of aryl methyl sites for hydroxylation is 2. The lowest BCUT2D eigenvalue weighted by molar-refractivity contribution is 0.0616. The number of imide groups is 1. The van der Waals surface area contributed by atoms with Gasteiger partial charge in [0, 0.05) is 9.86 Å². The Kier molecular flexibility index (Phi) is 6.53. The number of carbonyl (C=O) groups is 2. The zero-order chi connectivity index (χ0) is 26.4. The van der Waals surface area contributed by atoms with Gasteiger partial charge in [0.2, 0.25) is 0 Å². The van der Waals surface area contributed by atoms with E-state index in [9.17, 15) is 9.59 Å². The van der Waals surface area contributed by atoms with Crippen molar-refractivity contribution in [3.63, 3.8) is 0 Å². The van der Waals surface area contributed by atoms with Gasteiger partial charge in [0.1, 0.15) is 6.61 Å². The summed E-state index contributed by atoms with van der Waals surface area (Å²) >= 11 is 7.02. The van der Waals surface area contributed by atoms with Gasteiger partial charge in [-0.15, -0.1) is 0 Å². The highest BCUT2D eigenvalue weighted by molar-refractivity contribution is 9.10. The SMILES string of the molecule is CCOc1cc(C=NN2C(=O)c3ccc4c5c(ccc(c35)C2=O)CC4)cc(Br)c1OCc1ccc(Br)cc1. The van der Waals surface area contributed by atoms with E-state index >= 15 is 0 Å². The van der Waals surface area contributed by atoms with Gasteiger partial charge in [-0.1, -0.05) is 40.2 Å². The molecule has 4 aromatic carbocycles. The molecule has 0 atom stereocenters. The Morgan fingerprint density at radius 1 is 0.868 bits per heavy atom. The van der Waals surface area contributed by atoms with Gasteiger partial charge in [0.05, 0.1) is 28.4 Å². The molecule has 1 heterocycles. The second-order valence-electron chi connectivity index (χ2n) is 9.14. The van der Waals surface area contributed by atoms with E-state index in [0.717, 1.165) is 38.7 Å². The maximum Gasteiger partial charge on any atom is 0.282 e. The summed E-state index contributed by atoms with van der Waals surface area (Å²) in [6, 6.07) is 19.1. The minimum absolute atomic E-state index is 0.366. The van der Waals surface area contributed by atoms with Crippen LogP contribution in [0.3, 0.4) is 0 Å². The van der Waals surface area contributed by atoms with Crippen molar-refractivity contribution in [3.8, 4) is 11.5 Å². The first-order valence-corrected chi connectivity index (χ1v) is 13.9. The monoisotopic (exact) mass is 632 g/mol. The van der Waals surface area contributed by atoms with Crippen molar-refractivity contribution in [1.29, 1.82) is 0 Å². The lowest BCUT2D eigenvalue weighted by Gasteiger charge is -2.23. The lowest BCUT2D eigenvalue weighted by Crippen LogP contribution is -2.36. The van der Waals surface area contributed by atoms with Gasteiger partial charge < -0.3 is 9.47 Å². The third-order valence-electron chi connectivity index (χ3n) is 6.79. The predicted molar refractivity (Wildman–Crippen MR) is 153 cm³/mol. The number of benzene rings is 4. The van der Waals surface area contributed by atoms with Crippen LogP contribution in [0.15, 0.2) is 74.7 Å². The number of nitrogens with zero attached hydrogens (tertiary/aromatic N) is 2. The first kappa shape index (κ1) is 24.8. The maximum absolute atomic E-state index is 13.3. The molecule has 6 rings (SSSR count). The lowest BCUT2D eigenvalue weighted by atomic mass is 9.92. The van der Waals surface area contributed by atoms with Crippen LogP contribution in [0.4, 0.5) is 0 Å². The Morgan fingerprint density at radius 3 is 2.16 bits per heavy atom. The Balaban J connectivity index is 1.29. The summed E-state index contributed by atoms with van der Waals surface area (Å²) in [6.07, 6.45) is 3.35. The average molecular weight is 634 g/mol. The van der Waals surface area contributed by atoms with Gasteiger partial charge >= 0.3 is 0 Å². The number of amides is 2. The molecule has 2 aliphatic rings. The third-order valence-corrected chi connectivity index (χ3v) is 7.91. The largest absolute Gasteiger partial charge is 0.490 e. The van der Waals surface area contributed by atoms with E-state index in [1.165, 1.54) is 17.3 Å². The second-order valence-corrected chi connectivity index (χ2v) is 10.9. The highest BCUT2D eigenvalue weighted by atomic mass is 79.9. The standard InChI is InChI=1S/C30H22Br2N2O4/c1-2-37-25-14-18(13-24(32)28(25)38-16-17-3-9-21(31)10-4-17)15-33-34-29(35)22-11-7-19-5-6-20-8-12-23(30(34)36)27(22)26(19)20/h3-4,7-15H,2,5-6,16H2,1H3. The third kappa shape index (κ3) is 4.31. The quantitative estimate of drug-likeness (QED) is 0.161. The van der Waals surface area contributed by atoms with Crippen LogP contribution in [0, 0.1) is 0 Å². The normalized spacial score (nSPS) is 14.1. The van der Waals surface area contributed by atoms with Gasteiger partial charge in [-0.3, -0.25) is 9.59 Å². The molecule has 0 fully saturated rings. The molecule has 8 heteroatoms. The number of hydrogen-bond acceptors (Lipinski definition) is 5. The van der Waals surface area contributed by atoms with Gasteiger partial charge in [-0.05, 0) is 99.7 Å². The van der Waals surface area contributed by atoms with Gasteiger partial charge in [0.25, 0.3) is 11.8 Å². The number of carbonyl (C=O) groups excluding carboxylic acids is 2. The molecule has 4 aromatic rings. The highest BCUT2D eigenvalue weighted by Crippen LogP contribution is 2.39. The van der Waals surface area contributed by atoms with Gasteiger partial charge in [-0.25, -0.2) is 0 Å². The van der Waals surface area contributed by atoms with E-state index in [0.29, 0.717) is 45.9 Å². The summed E-state index contributed by atoms with van der Waals surface area (Å²) in [7, 11) is 0. The molecule has 1 aliphatic carbocycles. The van der Waals surface area contributed by atoms with Crippen LogP contribution < -0.4 is 9.47 Å². The molecular weight excluding hydrogens is 612 g/mol. The van der Waals surface area contributed by atoms with Crippen LogP contribution in [-0.4, -0.2) is 29.6 Å². The van der Waals surface area contributed by atoms with Crippen molar-refractivity contribution in [2.45, 2.75) is 26.4 Å².